The molecular formula is C21H24ClNO5. The Bertz CT molecular complexity index is 879. The third-order valence-corrected chi connectivity index (χ3v) is 4.43. The number of rotatable bonds is 7. The second kappa shape index (κ2) is 9.46. The lowest BCUT2D eigenvalue weighted by atomic mass is 10.0. The van der Waals surface area contributed by atoms with E-state index in [1.54, 1.807) is 0 Å². The average molecular weight is 406 g/mol. The molecule has 0 atom stereocenters. The van der Waals surface area contributed by atoms with Gasteiger partial charge in [-0.05, 0) is 36.1 Å². The van der Waals surface area contributed by atoms with Crippen molar-refractivity contribution in [2.75, 3.05) is 26.1 Å². The summed E-state index contributed by atoms with van der Waals surface area (Å²) in [5.74, 6) is 0.220. The van der Waals surface area contributed by atoms with Crippen LogP contribution in [0.3, 0.4) is 0 Å². The summed E-state index contributed by atoms with van der Waals surface area (Å²) in [6.45, 7) is 5.91. The van der Waals surface area contributed by atoms with Crippen LogP contribution in [0.4, 0.5) is 5.69 Å². The summed E-state index contributed by atoms with van der Waals surface area (Å²) in [5.41, 5.74) is 2.56. The van der Waals surface area contributed by atoms with Gasteiger partial charge in [0.1, 0.15) is 17.1 Å². The molecule has 6 nitrogen and oxygen atoms in total. The van der Waals surface area contributed by atoms with Crippen LogP contribution in [0.1, 0.15) is 41.3 Å². The third-order valence-electron chi connectivity index (χ3n) is 4.12. The minimum absolute atomic E-state index is 0.172. The maximum atomic E-state index is 12.4. The highest BCUT2D eigenvalue weighted by Gasteiger charge is 2.18. The molecule has 0 aliphatic heterocycles. The van der Waals surface area contributed by atoms with E-state index in [4.69, 9.17) is 25.8 Å². The van der Waals surface area contributed by atoms with Gasteiger partial charge in [0.25, 0.3) is 5.91 Å². The SMILES string of the molecule is COC(=O)c1cc(Cl)c(NC(=O)COc2cc(C)ccc2C(C)C)cc1OC. The molecule has 28 heavy (non-hydrogen) atoms. The number of methoxy groups -OCH3 is 2. The average Bonchev–Trinajstić information content (AvgIpc) is 2.66. The van der Waals surface area contributed by atoms with Crippen molar-refractivity contribution in [3.05, 3.63) is 52.0 Å². The number of hydrogen-bond donors (Lipinski definition) is 1. The first-order valence-corrected chi connectivity index (χ1v) is 9.13. The highest BCUT2D eigenvalue weighted by atomic mass is 35.5. The number of carbonyl (C=O) groups is 2. The van der Waals surface area contributed by atoms with E-state index in [0.717, 1.165) is 11.1 Å². The lowest BCUT2D eigenvalue weighted by Gasteiger charge is -2.15. The molecule has 0 unspecified atom stereocenters. The van der Waals surface area contributed by atoms with Gasteiger partial charge in [0, 0.05) is 6.07 Å². The molecule has 2 aromatic carbocycles. The van der Waals surface area contributed by atoms with Crippen LogP contribution < -0.4 is 14.8 Å². The molecule has 1 N–H and O–H groups in total. The molecule has 0 heterocycles. The van der Waals surface area contributed by atoms with Gasteiger partial charge in [0.2, 0.25) is 0 Å². The minimum atomic E-state index is -0.583. The molecular weight excluding hydrogens is 382 g/mol. The van der Waals surface area contributed by atoms with E-state index in [1.165, 1.54) is 26.4 Å². The number of carbonyl (C=O) groups excluding carboxylic acids is 2. The third kappa shape index (κ3) is 5.16. The highest BCUT2D eigenvalue weighted by Crippen LogP contribution is 2.32. The Kier molecular flexibility index (Phi) is 7.29. The Morgan fingerprint density at radius 3 is 2.43 bits per heavy atom. The summed E-state index contributed by atoms with van der Waals surface area (Å²) < 4.78 is 15.6. The van der Waals surface area contributed by atoms with Crippen LogP contribution in [0.25, 0.3) is 0 Å². The molecule has 7 heteroatoms. The smallest absolute Gasteiger partial charge is 0.341 e. The summed E-state index contributed by atoms with van der Waals surface area (Å²) in [5, 5.41) is 2.86. The number of amides is 1. The van der Waals surface area contributed by atoms with Gasteiger partial charge in [-0.2, -0.15) is 0 Å². The number of benzene rings is 2. The van der Waals surface area contributed by atoms with Gasteiger partial charge in [0.05, 0.1) is 24.9 Å². The fourth-order valence-corrected chi connectivity index (χ4v) is 2.87. The second-order valence-corrected chi connectivity index (χ2v) is 6.96. The molecule has 0 fully saturated rings. The molecule has 0 aliphatic carbocycles. The van der Waals surface area contributed by atoms with Crippen molar-refractivity contribution in [2.24, 2.45) is 0 Å². The topological polar surface area (TPSA) is 73.9 Å². The van der Waals surface area contributed by atoms with Crippen LogP contribution in [-0.4, -0.2) is 32.7 Å². The number of halogens is 1. The highest BCUT2D eigenvalue weighted by molar-refractivity contribution is 6.34. The largest absolute Gasteiger partial charge is 0.496 e. The monoisotopic (exact) mass is 405 g/mol. The quantitative estimate of drug-likeness (QED) is 0.682. The van der Waals surface area contributed by atoms with Crippen molar-refractivity contribution in [1.82, 2.24) is 0 Å². The maximum Gasteiger partial charge on any atom is 0.341 e. The van der Waals surface area contributed by atoms with Crippen LogP contribution in [-0.2, 0) is 9.53 Å². The number of nitrogens with one attached hydrogen (secondary N) is 1. The van der Waals surface area contributed by atoms with Crippen molar-refractivity contribution in [2.45, 2.75) is 26.7 Å². The van der Waals surface area contributed by atoms with Gasteiger partial charge in [-0.1, -0.05) is 37.6 Å². The molecule has 0 saturated heterocycles. The molecule has 0 spiro atoms. The number of ether oxygens (including phenoxy) is 3. The minimum Gasteiger partial charge on any atom is -0.496 e. The second-order valence-electron chi connectivity index (χ2n) is 6.56. The zero-order valence-electron chi connectivity index (χ0n) is 16.6. The molecule has 150 valence electrons. The van der Waals surface area contributed by atoms with Crippen molar-refractivity contribution < 1.29 is 23.8 Å². The van der Waals surface area contributed by atoms with E-state index < -0.39 is 5.97 Å². The Hall–Kier alpha value is -2.73. The van der Waals surface area contributed by atoms with E-state index in [-0.39, 0.29) is 34.8 Å². The normalized spacial score (nSPS) is 10.5. The molecule has 0 saturated carbocycles. The molecule has 0 radical (unpaired) electrons. The number of aryl methyl sites for hydroxylation is 1. The first-order valence-electron chi connectivity index (χ1n) is 8.75. The van der Waals surface area contributed by atoms with Crippen molar-refractivity contribution >= 4 is 29.2 Å². The standard InChI is InChI=1S/C21H24ClNO5/c1-12(2)14-7-6-13(3)8-19(14)28-11-20(24)23-17-10-18(26-4)15(9-16(17)22)21(25)27-5/h6-10,12H,11H2,1-5H3,(H,23,24). The fourth-order valence-electron chi connectivity index (χ4n) is 2.66. The summed E-state index contributed by atoms with van der Waals surface area (Å²) in [7, 11) is 2.68. The Morgan fingerprint density at radius 1 is 1.11 bits per heavy atom. The van der Waals surface area contributed by atoms with E-state index in [9.17, 15) is 9.59 Å². The molecule has 1 amide bonds. The fraction of sp³-hybridized carbons (Fsp3) is 0.333. The number of esters is 1. The molecule has 0 aromatic heterocycles. The van der Waals surface area contributed by atoms with Gasteiger partial charge in [-0.15, -0.1) is 0 Å². The van der Waals surface area contributed by atoms with Crippen molar-refractivity contribution in [3.8, 4) is 11.5 Å². The van der Waals surface area contributed by atoms with Crippen LogP contribution in [0.15, 0.2) is 30.3 Å². The van der Waals surface area contributed by atoms with Crippen molar-refractivity contribution in [3.63, 3.8) is 0 Å². The zero-order chi connectivity index (χ0) is 20.8. The van der Waals surface area contributed by atoms with E-state index in [2.05, 4.69) is 19.2 Å². The summed E-state index contributed by atoms with van der Waals surface area (Å²) in [6.07, 6.45) is 0. The van der Waals surface area contributed by atoms with Gasteiger partial charge < -0.3 is 19.5 Å². The molecule has 2 aromatic rings. The Morgan fingerprint density at radius 2 is 1.82 bits per heavy atom. The summed E-state index contributed by atoms with van der Waals surface area (Å²) in [6, 6.07) is 8.78. The number of hydrogen-bond acceptors (Lipinski definition) is 5. The zero-order valence-corrected chi connectivity index (χ0v) is 17.3. The van der Waals surface area contributed by atoms with Crippen LogP contribution in [0, 0.1) is 6.92 Å². The maximum absolute atomic E-state index is 12.4. The lowest BCUT2D eigenvalue weighted by molar-refractivity contribution is -0.118. The van der Waals surface area contributed by atoms with Gasteiger partial charge in [0.15, 0.2) is 6.61 Å². The van der Waals surface area contributed by atoms with Crippen LogP contribution in [0.2, 0.25) is 5.02 Å². The van der Waals surface area contributed by atoms with Gasteiger partial charge >= 0.3 is 5.97 Å². The summed E-state index contributed by atoms with van der Waals surface area (Å²) >= 11 is 6.19. The van der Waals surface area contributed by atoms with E-state index >= 15 is 0 Å². The van der Waals surface area contributed by atoms with E-state index in [1.807, 2.05) is 25.1 Å². The van der Waals surface area contributed by atoms with Crippen LogP contribution >= 0.6 is 11.6 Å². The predicted molar refractivity (Wildman–Crippen MR) is 109 cm³/mol. The first kappa shape index (κ1) is 21.6. The predicted octanol–water partition coefficient (Wildman–Crippen LogP) is 4.58. The van der Waals surface area contributed by atoms with Crippen molar-refractivity contribution in [1.29, 1.82) is 0 Å². The van der Waals surface area contributed by atoms with E-state index in [0.29, 0.717) is 11.4 Å². The van der Waals surface area contributed by atoms with Crippen LogP contribution in [0.5, 0.6) is 11.5 Å². The number of anilines is 1. The Labute approximate surface area is 169 Å². The first-order chi connectivity index (χ1) is 13.3. The van der Waals surface area contributed by atoms with Gasteiger partial charge in [-0.25, -0.2) is 4.79 Å². The van der Waals surface area contributed by atoms with Gasteiger partial charge in [-0.3, -0.25) is 4.79 Å². The summed E-state index contributed by atoms with van der Waals surface area (Å²) in [4.78, 5) is 24.1. The molecule has 2 rings (SSSR count). The lowest BCUT2D eigenvalue weighted by Crippen LogP contribution is -2.21. The molecule has 0 aliphatic rings. The molecule has 0 bridgehead atoms. The Balaban J connectivity index is 2.14.